The van der Waals surface area contributed by atoms with Crippen molar-refractivity contribution in [2.45, 2.75) is 97.8 Å². The summed E-state index contributed by atoms with van der Waals surface area (Å²) in [6, 6.07) is 64.7. The van der Waals surface area contributed by atoms with Crippen LogP contribution < -0.4 is 4.90 Å². The van der Waals surface area contributed by atoms with E-state index in [4.69, 9.17) is 8.83 Å². The van der Waals surface area contributed by atoms with E-state index in [2.05, 4.69) is 251 Å². The highest BCUT2D eigenvalue weighted by Crippen LogP contribution is 2.61. The van der Waals surface area contributed by atoms with Crippen molar-refractivity contribution in [1.82, 2.24) is 0 Å². The Bertz CT molecular complexity index is 4690. The standard InChI is InChI=1S/C75H61NO2/c1-40-32-41(2)66(42(3)33-40)54-39-62-67(70-51-20-14-17-23-64(51)78-71(54)70)49-29-26-45(36-59(49)75(62,10)11)76(43-24-27-47-46-18-12-15-21-55(46)72(4,5)57(47)34-43)44-25-28-48-52-37-61-53(38-60(52)74(8,9)58(48)35-44)68-56(73(61,6)7)30-31-65-69(68)50-19-13-16-22-63(50)77-65/h12-39H,1-11H3. The van der Waals surface area contributed by atoms with Crippen molar-refractivity contribution >= 4 is 60.9 Å². The van der Waals surface area contributed by atoms with Crippen molar-refractivity contribution in [3.63, 3.8) is 0 Å². The van der Waals surface area contributed by atoms with Gasteiger partial charge in [-0.1, -0.05) is 158 Å². The van der Waals surface area contributed by atoms with E-state index in [0.717, 1.165) is 44.8 Å². The number of nitrogens with zero attached hydrogens (tertiary/aromatic N) is 1. The molecule has 0 saturated heterocycles. The van der Waals surface area contributed by atoms with Crippen molar-refractivity contribution in [2.75, 3.05) is 4.90 Å². The minimum atomic E-state index is -0.329. The predicted molar refractivity (Wildman–Crippen MR) is 326 cm³/mol. The zero-order chi connectivity index (χ0) is 53.3. The topological polar surface area (TPSA) is 29.5 Å². The van der Waals surface area contributed by atoms with Gasteiger partial charge in [-0.25, -0.2) is 0 Å². The van der Waals surface area contributed by atoms with E-state index < -0.39 is 0 Å². The molecule has 0 unspecified atom stereocenters. The first kappa shape index (κ1) is 45.8. The number of anilines is 3. The molecular formula is C75H61NO2. The van der Waals surface area contributed by atoms with E-state index >= 15 is 0 Å². The van der Waals surface area contributed by atoms with Crippen LogP contribution >= 0.6 is 0 Å². The van der Waals surface area contributed by atoms with Gasteiger partial charge in [0.25, 0.3) is 0 Å². The Morgan fingerprint density at radius 3 is 1.45 bits per heavy atom. The van der Waals surface area contributed by atoms with Gasteiger partial charge in [-0.3, -0.25) is 0 Å². The van der Waals surface area contributed by atoms with Crippen LogP contribution in [0.15, 0.2) is 179 Å². The molecule has 0 N–H and O–H groups in total. The summed E-state index contributed by atoms with van der Waals surface area (Å²) in [4.78, 5) is 2.55. The third kappa shape index (κ3) is 5.74. The molecule has 0 aliphatic heterocycles. The van der Waals surface area contributed by atoms with E-state index in [1.165, 1.54) is 133 Å². The summed E-state index contributed by atoms with van der Waals surface area (Å²) in [5.74, 6) is 0. The van der Waals surface area contributed by atoms with Crippen LogP contribution in [0.5, 0.6) is 0 Å². The average Bonchev–Trinajstić information content (AvgIpc) is 3.91. The minimum absolute atomic E-state index is 0.164. The van der Waals surface area contributed by atoms with Gasteiger partial charge < -0.3 is 13.7 Å². The molecule has 0 bridgehead atoms. The van der Waals surface area contributed by atoms with Crippen LogP contribution in [0.1, 0.15) is 117 Å². The van der Waals surface area contributed by atoms with Gasteiger partial charge in [0.2, 0.25) is 0 Å². The number of fused-ring (bicyclic) bond motifs is 20. The van der Waals surface area contributed by atoms with Crippen LogP contribution in [0.2, 0.25) is 0 Å². The van der Waals surface area contributed by atoms with Crippen molar-refractivity contribution in [2.24, 2.45) is 0 Å². The molecule has 378 valence electrons. The summed E-state index contributed by atoms with van der Waals surface area (Å²) in [7, 11) is 0. The van der Waals surface area contributed by atoms with E-state index in [-0.39, 0.29) is 21.7 Å². The second-order valence-electron chi connectivity index (χ2n) is 25.4. The van der Waals surface area contributed by atoms with Crippen molar-refractivity contribution in [1.29, 1.82) is 0 Å². The molecule has 3 heteroatoms. The second kappa shape index (κ2) is 15.0. The first-order chi connectivity index (χ1) is 37.4. The lowest BCUT2D eigenvalue weighted by Gasteiger charge is -2.31. The van der Waals surface area contributed by atoms with Gasteiger partial charge in [-0.2, -0.15) is 0 Å². The number of furan rings is 2. The molecule has 2 aromatic heterocycles. The molecule has 4 aliphatic carbocycles. The molecule has 0 atom stereocenters. The first-order valence-electron chi connectivity index (χ1n) is 28.0. The molecule has 0 fully saturated rings. The molecule has 3 nitrogen and oxygen atoms in total. The van der Waals surface area contributed by atoms with Gasteiger partial charge in [0.1, 0.15) is 22.3 Å². The molecule has 0 saturated carbocycles. The molecule has 0 spiro atoms. The maximum Gasteiger partial charge on any atom is 0.143 e. The fraction of sp³-hybridized carbons (Fsp3) is 0.200. The third-order valence-corrected chi connectivity index (χ3v) is 19.5. The molecule has 0 amide bonds. The van der Waals surface area contributed by atoms with Crippen LogP contribution in [-0.4, -0.2) is 0 Å². The molecule has 2 heterocycles. The van der Waals surface area contributed by atoms with E-state index in [9.17, 15) is 0 Å². The maximum atomic E-state index is 6.98. The lowest BCUT2D eigenvalue weighted by Crippen LogP contribution is -2.19. The van der Waals surface area contributed by atoms with Crippen molar-refractivity contribution in [3.8, 4) is 55.6 Å². The van der Waals surface area contributed by atoms with Crippen LogP contribution in [0, 0.1) is 20.8 Å². The number of benzene rings is 10. The van der Waals surface area contributed by atoms with Crippen LogP contribution in [0.4, 0.5) is 17.1 Å². The Labute approximate surface area is 456 Å². The highest BCUT2D eigenvalue weighted by Gasteiger charge is 2.45. The molecule has 78 heavy (non-hydrogen) atoms. The largest absolute Gasteiger partial charge is 0.456 e. The Kier molecular flexibility index (Phi) is 8.80. The van der Waals surface area contributed by atoms with E-state index in [1.54, 1.807) is 0 Å². The van der Waals surface area contributed by atoms with Gasteiger partial charge in [-0.15, -0.1) is 0 Å². The van der Waals surface area contributed by atoms with Crippen LogP contribution in [0.3, 0.4) is 0 Å². The number of para-hydroxylation sites is 2. The lowest BCUT2D eigenvalue weighted by atomic mass is 9.79. The van der Waals surface area contributed by atoms with Crippen LogP contribution in [0.25, 0.3) is 99.5 Å². The predicted octanol–water partition coefficient (Wildman–Crippen LogP) is 20.8. The summed E-state index contributed by atoms with van der Waals surface area (Å²) in [6.07, 6.45) is 0. The fourth-order valence-electron chi connectivity index (χ4n) is 15.7. The molecule has 12 aromatic rings. The molecule has 4 aliphatic rings. The summed E-state index contributed by atoms with van der Waals surface area (Å²) < 4.78 is 13.5. The van der Waals surface area contributed by atoms with Crippen molar-refractivity contribution in [3.05, 3.63) is 231 Å². The first-order valence-corrected chi connectivity index (χ1v) is 28.0. The Morgan fingerprint density at radius 2 is 0.769 bits per heavy atom. The summed E-state index contributed by atoms with van der Waals surface area (Å²) in [6.45, 7) is 26.0. The highest BCUT2D eigenvalue weighted by atomic mass is 16.3. The Hall–Kier alpha value is -8.40. The number of hydrogen-bond donors (Lipinski definition) is 0. The summed E-state index contributed by atoms with van der Waals surface area (Å²) >= 11 is 0. The SMILES string of the molecule is Cc1cc(C)c(-c2cc3c(c4c2oc2ccccc24)-c2ccc(N(c4ccc5c(c4)C(C)(C)c4ccccc4-5)c4ccc5c(c4)C(C)(C)c4cc6c(cc4-5)C(C)(C)c4ccc5oc7ccccc7c5c4-6)cc2C3(C)C)c(C)c1. The molecule has 16 rings (SSSR count). The third-order valence-electron chi connectivity index (χ3n) is 19.5. The zero-order valence-corrected chi connectivity index (χ0v) is 46.4. The Balaban J connectivity index is 0.891. The van der Waals surface area contributed by atoms with E-state index in [0.29, 0.717) is 0 Å². The quantitative estimate of drug-likeness (QED) is 0.176. The Morgan fingerprint density at radius 1 is 0.308 bits per heavy atom. The number of hydrogen-bond acceptors (Lipinski definition) is 3. The van der Waals surface area contributed by atoms with Gasteiger partial charge >= 0.3 is 0 Å². The van der Waals surface area contributed by atoms with Crippen LogP contribution in [-0.2, 0) is 21.7 Å². The molecular weight excluding hydrogens is 947 g/mol. The summed E-state index contributed by atoms with van der Waals surface area (Å²) in [5, 5.41) is 4.77. The van der Waals surface area contributed by atoms with Crippen molar-refractivity contribution < 1.29 is 8.83 Å². The molecule has 10 aromatic carbocycles. The number of aryl methyl sites for hydroxylation is 3. The zero-order valence-electron chi connectivity index (χ0n) is 46.4. The van der Waals surface area contributed by atoms with Gasteiger partial charge in [-0.05, 0) is 199 Å². The normalized spacial score (nSPS) is 16.0. The number of rotatable bonds is 4. The lowest BCUT2D eigenvalue weighted by molar-refractivity contribution is 0.650. The smallest absolute Gasteiger partial charge is 0.143 e. The molecule has 0 radical (unpaired) electrons. The average molecular weight is 1010 g/mol. The van der Waals surface area contributed by atoms with Gasteiger partial charge in [0, 0.05) is 65.8 Å². The highest BCUT2D eigenvalue weighted by molar-refractivity contribution is 6.19. The van der Waals surface area contributed by atoms with Gasteiger partial charge in [0.15, 0.2) is 0 Å². The maximum absolute atomic E-state index is 6.98. The monoisotopic (exact) mass is 1010 g/mol. The second-order valence-corrected chi connectivity index (χ2v) is 25.4. The summed E-state index contributed by atoms with van der Waals surface area (Å²) in [5.41, 5.74) is 33.9. The minimum Gasteiger partial charge on any atom is -0.456 e. The van der Waals surface area contributed by atoms with Gasteiger partial charge in [0.05, 0.1) is 0 Å². The van der Waals surface area contributed by atoms with E-state index in [1.807, 2.05) is 0 Å². The fourth-order valence-corrected chi connectivity index (χ4v) is 15.7.